The van der Waals surface area contributed by atoms with Crippen LogP contribution in [0.3, 0.4) is 0 Å². The summed E-state index contributed by atoms with van der Waals surface area (Å²) in [7, 11) is 4.22. The zero-order chi connectivity index (χ0) is 18.6. The molecule has 0 aromatic heterocycles. The van der Waals surface area contributed by atoms with E-state index in [-0.39, 0.29) is 22.6 Å². The van der Waals surface area contributed by atoms with Crippen molar-refractivity contribution in [3.8, 4) is 17.2 Å². The fourth-order valence-electron chi connectivity index (χ4n) is 2.38. The average molecular weight is 352 g/mol. The Morgan fingerprint density at radius 1 is 0.960 bits per heavy atom. The van der Waals surface area contributed by atoms with Gasteiger partial charge in [-0.3, -0.25) is 0 Å². The largest absolute Gasteiger partial charge is 0.493 e. The SMILES string of the molecule is COc1ccc(C(=O)OC(C)c2cc(F)ccc2F)c(OC)c1OC. The van der Waals surface area contributed by atoms with Crippen molar-refractivity contribution in [1.29, 1.82) is 0 Å². The number of hydrogen-bond acceptors (Lipinski definition) is 5. The maximum Gasteiger partial charge on any atom is 0.342 e. The summed E-state index contributed by atoms with van der Waals surface area (Å²) in [6.07, 6.45) is -0.999. The van der Waals surface area contributed by atoms with Crippen molar-refractivity contribution >= 4 is 5.97 Å². The number of hydrogen-bond donors (Lipinski definition) is 0. The molecule has 2 aromatic rings. The summed E-state index contributed by atoms with van der Waals surface area (Å²) >= 11 is 0. The Bertz CT molecular complexity index is 776. The number of rotatable bonds is 6. The number of ether oxygens (including phenoxy) is 4. The molecule has 5 nitrogen and oxygen atoms in total. The van der Waals surface area contributed by atoms with Crippen LogP contribution in [0.15, 0.2) is 30.3 Å². The van der Waals surface area contributed by atoms with Crippen molar-refractivity contribution in [1.82, 2.24) is 0 Å². The third kappa shape index (κ3) is 3.81. The molecule has 0 fully saturated rings. The summed E-state index contributed by atoms with van der Waals surface area (Å²) in [4.78, 5) is 12.5. The number of esters is 1. The first-order valence-electron chi connectivity index (χ1n) is 7.37. The van der Waals surface area contributed by atoms with Gasteiger partial charge in [0.1, 0.15) is 23.3 Å². The van der Waals surface area contributed by atoms with E-state index in [1.165, 1.54) is 40.4 Å². The van der Waals surface area contributed by atoms with Gasteiger partial charge in [0.2, 0.25) is 5.75 Å². The number of carbonyl (C=O) groups is 1. The zero-order valence-corrected chi connectivity index (χ0v) is 14.3. The second-order valence-electron chi connectivity index (χ2n) is 5.10. The first-order chi connectivity index (χ1) is 11.9. The molecule has 0 N–H and O–H groups in total. The van der Waals surface area contributed by atoms with E-state index in [4.69, 9.17) is 18.9 Å². The molecule has 0 saturated heterocycles. The molecule has 2 aromatic carbocycles. The van der Waals surface area contributed by atoms with E-state index < -0.39 is 23.7 Å². The van der Waals surface area contributed by atoms with Crippen molar-refractivity contribution in [2.75, 3.05) is 21.3 Å². The molecule has 7 heteroatoms. The second-order valence-corrected chi connectivity index (χ2v) is 5.10. The minimum Gasteiger partial charge on any atom is -0.493 e. The van der Waals surface area contributed by atoms with E-state index in [0.717, 1.165) is 18.2 Å². The molecule has 0 amide bonds. The van der Waals surface area contributed by atoms with Crippen LogP contribution in [0.25, 0.3) is 0 Å². The van der Waals surface area contributed by atoms with Gasteiger partial charge in [0.05, 0.1) is 21.3 Å². The van der Waals surface area contributed by atoms with Gasteiger partial charge < -0.3 is 18.9 Å². The van der Waals surface area contributed by atoms with Crippen molar-refractivity contribution in [2.24, 2.45) is 0 Å². The van der Waals surface area contributed by atoms with Gasteiger partial charge in [-0.25, -0.2) is 13.6 Å². The Morgan fingerprint density at radius 3 is 2.24 bits per heavy atom. The van der Waals surface area contributed by atoms with Crippen LogP contribution in [-0.4, -0.2) is 27.3 Å². The lowest BCUT2D eigenvalue weighted by Gasteiger charge is -2.18. The van der Waals surface area contributed by atoms with E-state index in [9.17, 15) is 13.6 Å². The predicted molar refractivity (Wildman–Crippen MR) is 86.3 cm³/mol. The summed E-state index contributed by atoms with van der Waals surface area (Å²) in [5, 5.41) is 0. The van der Waals surface area contributed by atoms with Crippen LogP contribution in [0.5, 0.6) is 17.2 Å². The smallest absolute Gasteiger partial charge is 0.342 e. The second kappa shape index (κ2) is 7.83. The Morgan fingerprint density at radius 2 is 1.64 bits per heavy atom. The van der Waals surface area contributed by atoms with Gasteiger partial charge in [-0.1, -0.05) is 0 Å². The Hall–Kier alpha value is -2.83. The van der Waals surface area contributed by atoms with Crippen LogP contribution in [0.1, 0.15) is 28.9 Å². The highest BCUT2D eigenvalue weighted by Gasteiger charge is 2.24. The van der Waals surface area contributed by atoms with E-state index >= 15 is 0 Å². The van der Waals surface area contributed by atoms with Crippen LogP contribution >= 0.6 is 0 Å². The molecular formula is C18H18F2O5. The normalized spacial score (nSPS) is 11.6. The number of halogens is 2. The standard InChI is InChI=1S/C18H18F2O5/c1-10(13-9-11(19)5-7-14(13)20)25-18(21)12-6-8-15(22-2)17(24-4)16(12)23-3/h5-10H,1-4H3. The maximum atomic E-state index is 13.8. The molecule has 0 saturated carbocycles. The fraction of sp³-hybridized carbons (Fsp3) is 0.278. The summed E-state index contributed by atoms with van der Waals surface area (Å²) in [6.45, 7) is 1.45. The molecule has 0 spiro atoms. The third-order valence-corrected chi connectivity index (χ3v) is 3.60. The van der Waals surface area contributed by atoms with Crippen LogP contribution in [0.4, 0.5) is 8.78 Å². The summed E-state index contributed by atoms with van der Waals surface area (Å²) in [6, 6.07) is 5.92. The maximum absolute atomic E-state index is 13.8. The van der Waals surface area contributed by atoms with Gasteiger partial charge in [-0.2, -0.15) is 0 Å². The first kappa shape index (κ1) is 18.5. The molecule has 2 rings (SSSR count). The molecule has 0 radical (unpaired) electrons. The Balaban J connectivity index is 2.33. The van der Waals surface area contributed by atoms with E-state index in [2.05, 4.69) is 0 Å². The molecule has 1 unspecified atom stereocenters. The fourth-order valence-corrected chi connectivity index (χ4v) is 2.38. The van der Waals surface area contributed by atoms with E-state index in [1.54, 1.807) is 0 Å². The zero-order valence-electron chi connectivity index (χ0n) is 14.3. The van der Waals surface area contributed by atoms with E-state index in [0.29, 0.717) is 5.75 Å². The summed E-state index contributed by atoms with van der Waals surface area (Å²) in [5.74, 6) is -1.33. The molecule has 25 heavy (non-hydrogen) atoms. The molecule has 0 aliphatic heterocycles. The Kier molecular flexibility index (Phi) is 5.80. The van der Waals surface area contributed by atoms with Crippen molar-refractivity contribution in [3.63, 3.8) is 0 Å². The van der Waals surface area contributed by atoms with Gasteiger partial charge in [-0.05, 0) is 37.3 Å². The van der Waals surface area contributed by atoms with Gasteiger partial charge in [-0.15, -0.1) is 0 Å². The number of benzene rings is 2. The first-order valence-corrected chi connectivity index (χ1v) is 7.37. The summed E-state index contributed by atoms with van der Waals surface area (Å²) < 4.78 is 48.0. The summed E-state index contributed by atoms with van der Waals surface area (Å²) in [5.41, 5.74) is 0.0107. The molecule has 0 aliphatic rings. The van der Waals surface area contributed by atoms with Gasteiger partial charge in [0.15, 0.2) is 11.5 Å². The van der Waals surface area contributed by atoms with Crippen molar-refractivity contribution < 1.29 is 32.5 Å². The third-order valence-electron chi connectivity index (χ3n) is 3.60. The highest BCUT2D eigenvalue weighted by atomic mass is 19.1. The van der Waals surface area contributed by atoms with Crippen LogP contribution in [-0.2, 0) is 4.74 Å². The number of carbonyl (C=O) groups excluding carboxylic acids is 1. The van der Waals surface area contributed by atoms with Gasteiger partial charge in [0.25, 0.3) is 0 Å². The molecule has 1 atom stereocenters. The molecular weight excluding hydrogens is 334 g/mol. The molecule has 0 bridgehead atoms. The minimum absolute atomic E-state index is 0.0622. The lowest BCUT2D eigenvalue weighted by atomic mass is 10.1. The van der Waals surface area contributed by atoms with Gasteiger partial charge >= 0.3 is 5.97 Å². The number of methoxy groups -OCH3 is 3. The van der Waals surface area contributed by atoms with Crippen molar-refractivity contribution in [2.45, 2.75) is 13.0 Å². The lowest BCUT2D eigenvalue weighted by Crippen LogP contribution is -2.12. The average Bonchev–Trinajstić information content (AvgIpc) is 2.61. The van der Waals surface area contributed by atoms with Crippen molar-refractivity contribution in [3.05, 3.63) is 53.1 Å². The lowest BCUT2D eigenvalue weighted by molar-refractivity contribution is 0.0326. The quantitative estimate of drug-likeness (QED) is 0.738. The molecule has 0 aliphatic carbocycles. The predicted octanol–water partition coefficient (Wildman–Crippen LogP) is 3.91. The Labute approximate surface area is 144 Å². The molecule has 134 valence electrons. The topological polar surface area (TPSA) is 54.0 Å². The molecule has 0 heterocycles. The highest BCUT2D eigenvalue weighted by Crippen LogP contribution is 2.40. The monoisotopic (exact) mass is 352 g/mol. The van der Waals surface area contributed by atoms with Crippen LogP contribution < -0.4 is 14.2 Å². The minimum atomic E-state index is -0.999. The van der Waals surface area contributed by atoms with Crippen LogP contribution in [0, 0.1) is 11.6 Å². The van der Waals surface area contributed by atoms with Gasteiger partial charge in [0, 0.05) is 5.56 Å². The van der Waals surface area contributed by atoms with Crippen LogP contribution in [0.2, 0.25) is 0 Å². The van der Waals surface area contributed by atoms with E-state index in [1.807, 2.05) is 0 Å². The highest BCUT2D eigenvalue weighted by molar-refractivity contribution is 5.94.